The van der Waals surface area contributed by atoms with Crippen molar-refractivity contribution in [3.63, 3.8) is 0 Å². The van der Waals surface area contributed by atoms with E-state index in [0.717, 1.165) is 34.4 Å². The Kier molecular flexibility index (Phi) is 15.6. The highest BCUT2D eigenvalue weighted by Gasteiger charge is 2.33. The first-order chi connectivity index (χ1) is 25.2. The van der Waals surface area contributed by atoms with E-state index in [1.54, 1.807) is 37.3 Å². The number of ether oxygens (including phenoxy) is 2. The van der Waals surface area contributed by atoms with Crippen molar-refractivity contribution in [1.82, 2.24) is 5.32 Å². The van der Waals surface area contributed by atoms with Crippen molar-refractivity contribution in [3.05, 3.63) is 118 Å². The van der Waals surface area contributed by atoms with E-state index >= 15 is 4.39 Å². The van der Waals surface area contributed by atoms with Crippen LogP contribution in [-0.2, 0) is 14.3 Å². The number of nitrogens with one attached hydrogen (secondary N) is 2. The molecule has 4 aromatic carbocycles. The molecule has 284 valence electrons. The summed E-state index contributed by atoms with van der Waals surface area (Å²) in [6, 6.07) is 20.3. The zero-order chi connectivity index (χ0) is 39.3. The summed E-state index contributed by atoms with van der Waals surface area (Å²) in [5.74, 6) is -3.95. The molecule has 2 atom stereocenters. The van der Waals surface area contributed by atoms with E-state index in [0.29, 0.717) is 35.1 Å². The SMILES string of the molecule is CC.CCC[C@@H](c1ccc(C(=O)NCCC(=O)OCC)cc1)[C@H](C(=O)Nc1ccc(-c2c(C)cc(C)cc2C)cc1F)c1ccc(OC(F)(F)F)cc1. The zero-order valence-corrected chi connectivity index (χ0v) is 31.2. The normalized spacial score (nSPS) is 12.1. The van der Waals surface area contributed by atoms with E-state index in [1.165, 1.54) is 24.3 Å². The number of benzene rings is 4. The van der Waals surface area contributed by atoms with Crippen LogP contribution in [0.4, 0.5) is 23.2 Å². The maximum Gasteiger partial charge on any atom is 0.573 e. The molecule has 7 nitrogen and oxygen atoms in total. The van der Waals surface area contributed by atoms with E-state index < -0.39 is 47.5 Å². The number of rotatable bonds is 14. The van der Waals surface area contributed by atoms with Crippen molar-refractivity contribution in [1.29, 1.82) is 0 Å². The second-order valence-corrected chi connectivity index (χ2v) is 12.4. The number of amides is 2. The molecule has 0 radical (unpaired) electrons. The van der Waals surface area contributed by atoms with Gasteiger partial charge in [0.1, 0.15) is 11.6 Å². The van der Waals surface area contributed by atoms with Crippen LogP contribution in [0, 0.1) is 26.6 Å². The van der Waals surface area contributed by atoms with Gasteiger partial charge in [-0.2, -0.15) is 0 Å². The van der Waals surface area contributed by atoms with Crippen LogP contribution in [0.25, 0.3) is 11.1 Å². The molecule has 0 unspecified atom stereocenters. The average molecular weight is 737 g/mol. The number of carbonyl (C=O) groups is 3. The largest absolute Gasteiger partial charge is 0.573 e. The van der Waals surface area contributed by atoms with Crippen LogP contribution in [0.1, 0.15) is 97.0 Å². The van der Waals surface area contributed by atoms with Crippen molar-refractivity contribution in [3.8, 4) is 16.9 Å². The molecule has 11 heteroatoms. The topological polar surface area (TPSA) is 93.7 Å². The molecule has 0 aliphatic carbocycles. The third-order valence-corrected chi connectivity index (χ3v) is 8.47. The minimum Gasteiger partial charge on any atom is -0.466 e. The van der Waals surface area contributed by atoms with E-state index in [4.69, 9.17) is 4.74 Å². The summed E-state index contributed by atoms with van der Waals surface area (Å²) >= 11 is 0. The molecule has 53 heavy (non-hydrogen) atoms. The fourth-order valence-corrected chi connectivity index (χ4v) is 6.39. The molecule has 0 aliphatic rings. The lowest BCUT2D eigenvalue weighted by Crippen LogP contribution is -2.28. The molecule has 0 heterocycles. The summed E-state index contributed by atoms with van der Waals surface area (Å²) in [5.41, 5.74) is 6.00. The summed E-state index contributed by atoms with van der Waals surface area (Å²) in [6.45, 7) is 13.9. The molecule has 4 rings (SSSR count). The van der Waals surface area contributed by atoms with Gasteiger partial charge in [0.2, 0.25) is 5.91 Å². The van der Waals surface area contributed by atoms with E-state index in [1.807, 2.05) is 53.7 Å². The van der Waals surface area contributed by atoms with Crippen molar-refractivity contribution in [2.24, 2.45) is 0 Å². The van der Waals surface area contributed by atoms with Crippen molar-refractivity contribution in [2.75, 3.05) is 18.5 Å². The Labute approximate surface area is 309 Å². The molecule has 0 aromatic heterocycles. The fraction of sp³-hybridized carbons (Fsp3) is 0.357. The minimum atomic E-state index is -4.89. The molecule has 0 aliphatic heterocycles. The van der Waals surface area contributed by atoms with Crippen LogP contribution in [-0.4, -0.2) is 37.3 Å². The van der Waals surface area contributed by atoms with Crippen LogP contribution in [0.2, 0.25) is 0 Å². The second kappa shape index (κ2) is 19.6. The van der Waals surface area contributed by atoms with Crippen LogP contribution in [0.15, 0.2) is 78.9 Å². The first kappa shape index (κ1) is 42.2. The maximum atomic E-state index is 15.7. The Balaban J connectivity index is 0.00000372. The van der Waals surface area contributed by atoms with Gasteiger partial charge in [0, 0.05) is 12.1 Å². The predicted molar refractivity (Wildman–Crippen MR) is 200 cm³/mol. The lowest BCUT2D eigenvalue weighted by Gasteiger charge is -2.28. The first-order valence-electron chi connectivity index (χ1n) is 17.8. The molecule has 2 amide bonds. The van der Waals surface area contributed by atoms with Gasteiger partial charge in [-0.25, -0.2) is 4.39 Å². The van der Waals surface area contributed by atoms with Crippen molar-refractivity contribution in [2.45, 2.75) is 85.9 Å². The van der Waals surface area contributed by atoms with Crippen molar-refractivity contribution >= 4 is 23.5 Å². The number of carbonyl (C=O) groups excluding carboxylic acids is 3. The van der Waals surface area contributed by atoms with Gasteiger partial charge in [-0.1, -0.05) is 75.2 Å². The van der Waals surface area contributed by atoms with Gasteiger partial charge in [0.25, 0.3) is 5.91 Å². The van der Waals surface area contributed by atoms with Crippen LogP contribution < -0.4 is 15.4 Å². The number of hydrogen-bond acceptors (Lipinski definition) is 5. The summed E-state index contributed by atoms with van der Waals surface area (Å²) in [7, 11) is 0. The zero-order valence-electron chi connectivity index (χ0n) is 31.2. The quantitative estimate of drug-likeness (QED) is 0.0993. The average Bonchev–Trinajstić information content (AvgIpc) is 3.10. The van der Waals surface area contributed by atoms with E-state index in [-0.39, 0.29) is 25.3 Å². The van der Waals surface area contributed by atoms with Crippen LogP contribution in [0.3, 0.4) is 0 Å². The molecule has 0 fully saturated rings. The van der Waals surface area contributed by atoms with E-state index in [2.05, 4.69) is 15.4 Å². The highest BCUT2D eigenvalue weighted by molar-refractivity contribution is 5.97. The smallest absolute Gasteiger partial charge is 0.466 e. The second-order valence-electron chi connectivity index (χ2n) is 12.4. The fourth-order valence-electron chi connectivity index (χ4n) is 6.39. The van der Waals surface area contributed by atoms with Gasteiger partial charge in [-0.05, 0) is 110 Å². The molecule has 0 spiro atoms. The van der Waals surface area contributed by atoms with Gasteiger partial charge >= 0.3 is 12.3 Å². The summed E-state index contributed by atoms with van der Waals surface area (Å²) < 4.78 is 63.3. The Bertz CT molecular complexity index is 1820. The molecule has 0 saturated heterocycles. The van der Waals surface area contributed by atoms with Gasteiger partial charge < -0.3 is 20.1 Å². The van der Waals surface area contributed by atoms with E-state index in [9.17, 15) is 27.6 Å². The Hall–Kier alpha value is -5.19. The third kappa shape index (κ3) is 11.9. The van der Waals surface area contributed by atoms with Crippen LogP contribution >= 0.6 is 0 Å². The van der Waals surface area contributed by atoms with Gasteiger partial charge in [0.15, 0.2) is 0 Å². The molecular weight excluding hydrogens is 688 g/mol. The monoisotopic (exact) mass is 736 g/mol. The van der Waals surface area contributed by atoms with Gasteiger partial charge in [0.05, 0.1) is 24.6 Å². The Morgan fingerprint density at radius 2 is 1.42 bits per heavy atom. The predicted octanol–water partition coefficient (Wildman–Crippen LogP) is 10.3. The summed E-state index contributed by atoms with van der Waals surface area (Å²) in [5, 5.41) is 5.41. The number of alkyl halides is 3. The molecule has 2 N–H and O–H groups in total. The third-order valence-electron chi connectivity index (χ3n) is 8.47. The Morgan fingerprint density at radius 1 is 0.811 bits per heavy atom. The number of esters is 1. The summed E-state index contributed by atoms with van der Waals surface area (Å²) in [6.07, 6.45) is -3.75. The number of anilines is 1. The molecule has 0 saturated carbocycles. The molecule has 0 bridgehead atoms. The highest BCUT2D eigenvalue weighted by Crippen LogP contribution is 2.39. The standard InChI is InChI=1S/C40H42F4N2O5.C2H6/c1-6-8-32(27-9-11-29(12-10-27)38(48)45-20-19-35(47)50-7-2)37(28-13-16-31(17-14-28)51-40(42,43)44)39(49)46-34-18-15-30(23-33(34)41)36-25(4)21-24(3)22-26(36)5;1-2/h9-18,21-23,32,37H,6-8,19-20H2,1-5H3,(H,45,48)(H,46,49);1-2H3/t32-,37+;/m0./s1. The summed E-state index contributed by atoms with van der Waals surface area (Å²) in [4.78, 5) is 38.5. The lowest BCUT2D eigenvalue weighted by molar-refractivity contribution is -0.274. The van der Waals surface area contributed by atoms with Crippen LogP contribution in [0.5, 0.6) is 5.75 Å². The number of hydrogen-bond donors (Lipinski definition) is 2. The van der Waals surface area contributed by atoms with Gasteiger partial charge in [-0.15, -0.1) is 13.2 Å². The van der Waals surface area contributed by atoms with Crippen molar-refractivity contribution < 1.29 is 41.4 Å². The Morgan fingerprint density at radius 3 is 1.96 bits per heavy atom. The molecular formula is C42H48F4N2O5. The molecule has 4 aromatic rings. The lowest BCUT2D eigenvalue weighted by atomic mass is 9.78. The highest BCUT2D eigenvalue weighted by atomic mass is 19.4. The maximum absolute atomic E-state index is 15.7. The minimum absolute atomic E-state index is 0.0222. The number of halogens is 4. The number of aryl methyl sites for hydroxylation is 3. The van der Waals surface area contributed by atoms with Gasteiger partial charge in [-0.3, -0.25) is 14.4 Å². The first-order valence-corrected chi connectivity index (χ1v) is 17.8.